The molecule has 2 aromatic rings. The van der Waals surface area contributed by atoms with Gasteiger partial charge in [-0.3, -0.25) is 0 Å². The maximum absolute atomic E-state index is 14.8. The summed E-state index contributed by atoms with van der Waals surface area (Å²) < 4.78 is 29.1. The van der Waals surface area contributed by atoms with Crippen LogP contribution in [0.1, 0.15) is 68.9 Å². The predicted octanol–water partition coefficient (Wildman–Crippen LogP) is 7.82. The number of allylic oxidation sites excluding steroid dienone is 1. The summed E-state index contributed by atoms with van der Waals surface area (Å²) in [6, 6.07) is 10.6. The molecule has 2 heteroatoms. The molecule has 0 nitrogen and oxygen atoms in total. The Bertz CT molecular complexity index is 770. The Balaban J connectivity index is 1.73. The smallest absolute Gasteiger partial charge is 0.127 e. The first kappa shape index (κ1) is 19.8. The van der Waals surface area contributed by atoms with Crippen LogP contribution < -0.4 is 0 Å². The van der Waals surface area contributed by atoms with E-state index in [1.54, 1.807) is 18.2 Å². The molecule has 0 unspecified atom stereocenters. The lowest BCUT2D eigenvalue weighted by atomic mass is 9.77. The van der Waals surface area contributed by atoms with E-state index >= 15 is 0 Å². The fourth-order valence-corrected chi connectivity index (χ4v) is 4.40. The van der Waals surface area contributed by atoms with Crippen LogP contribution >= 0.6 is 0 Å². The van der Waals surface area contributed by atoms with Crippen LogP contribution in [0.5, 0.6) is 0 Å². The molecule has 3 rings (SSSR count). The Kier molecular flexibility index (Phi) is 6.82. The van der Waals surface area contributed by atoms with Crippen LogP contribution in [-0.4, -0.2) is 0 Å². The van der Waals surface area contributed by atoms with Crippen molar-refractivity contribution in [2.75, 3.05) is 0 Å². The highest BCUT2D eigenvalue weighted by molar-refractivity contribution is 5.64. The third-order valence-electron chi connectivity index (χ3n) is 5.99. The van der Waals surface area contributed by atoms with Crippen molar-refractivity contribution >= 4 is 0 Å². The standard InChI is InChI=1S/C25H30F2/c1-3-5-7-20-12-13-21(16-24(20)26)22-14-15-23(25(27)17-22)19-10-8-18(6-4-2)9-11-19/h3,12-19H,1,4-11H2,2H3. The molecule has 0 amide bonds. The summed E-state index contributed by atoms with van der Waals surface area (Å²) in [6.07, 6.45) is 10.3. The van der Waals surface area contributed by atoms with Crippen LogP contribution in [0.3, 0.4) is 0 Å². The minimum atomic E-state index is -0.229. The third-order valence-corrected chi connectivity index (χ3v) is 5.99. The van der Waals surface area contributed by atoms with E-state index < -0.39 is 0 Å². The predicted molar refractivity (Wildman–Crippen MR) is 110 cm³/mol. The van der Waals surface area contributed by atoms with Gasteiger partial charge in [0.25, 0.3) is 0 Å². The Morgan fingerprint density at radius 3 is 2.22 bits per heavy atom. The van der Waals surface area contributed by atoms with E-state index in [9.17, 15) is 8.78 Å². The van der Waals surface area contributed by atoms with Gasteiger partial charge in [-0.2, -0.15) is 0 Å². The third kappa shape index (κ3) is 4.86. The summed E-state index contributed by atoms with van der Waals surface area (Å²) in [5.41, 5.74) is 2.98. The second kappa shape index (κ2) is 9.30. The van der Waals surface area contributed by atoms with Gasteiger partial charge in [0.15, 0.2) is 0 Å². The highest BCUT2D eigenvalue weighted by atomic mass is 19.1. The monoisotopic (exact) mass is 368 g/mol. The van der Waals surface area contributed by atoms with E-state index in [4.69, 9.17) is 0 Å². The second-order valence-corrected chi connectivity index (χ2v) is 7.88. The van der Waals surface area contributed by atoms with Gasteiger partial charge in [-0.1, -0.05) is 50.1 Å². The van der Waals surface area contributed by atoms with Crippen LogP contribution in [0.15, 0.2) is 49.1 Å². The Morgan fingerprint density at radius 2 is 1.63 bits per heavy atom. The molecule has 0 radical (unpaired) electrons. The summed E-state index contributed by atoms with van der Waals surface area (Å²) in [7, 11) is 0. The van der Waals surface area contributed by atoms with Gasteiger partial charge < -0.3 is 0 Å². The quantitative estimate of drug-likeness (QED) is 0.437. The van der Waals surface area contributed by atoms with Gasteiger partial charge in [0.2, 0.25) is 0 Å². The fourth-order valence-electron chi connectivity index (χ4n) is 4.40. The van der Waals surface area contributed by atoms with Gasteiger partial charge in [0.05, 0.1) is 0 Å². The first-order valence-electron chi connectivity index (χ1n) is 10.3. The molecule has 0 N–H and O–H groups in total. The number of aryl methyl sites for hydroxylation is 1. The van der Waals surface area contributed by atoms with E-state index in [1.165, 1.54) is 31.7 Å². The maximum atomic E-state index is 14.8. The topological polar surface area (TPSA) is 0 Å². The van der Waals surface area contributed by atoms with Crippen LogP contribution in [0.25, 0.3) is 11.1 Å². The molecule has 27 heavy (non-hydrogen) atoms. The average molecular weight is 369 g/mol. The van der Waals surface area contributed by atoms with Gasteiger partial charge in [-0.25, -0.2) is 8.78 Å². The molecule has 1 aliphatic carbocycles. The first-order chi connectivity index (χ1) is 13.1. The summed E-state index contributed by atoms with van der Waals surface area (Å²) in [5.74, 6) is 0.761. The molecule has 1 fully saturated rings. The van der Waals surface area contributed by atoms with Crippen molar-refractivity contribution in [3.05, 3.63) is 71.8 Å². The summed E-state index contributed by atoms with van der Waals surface area (Å²) >= 11 is 0. The van der Waals surface area contributed by atoms with E-state index in [2.05, 4.69) is 13.5 Å². The summed E-state index contributed by atoms with van der Waals surface area (Å²) in [4.78, 5) is 0. The lowest BCUT2D eigenvalue weighted by Gasteiger charge is -2.29. The minimum absolute atomic E-state index is 0.150. The molecule has 2 aromatic carbocycles. The Morgan fingerprint density at radius 1 is 0.963 bits per heavy atom. The normalized spacial score (nSPS) is 19.8. The lowest BCUT2D eigenvalue weighted by Crippen LogP contribution is -2.14. The first-order valence-corrected chi connectivity index (χ1v) is 10.3. The van der Waals surface area contributed by atoms with Crippen molar-refractivity contribution in [3.8, 4) is 11.1 Å². The molecule has 1 aliphatic rings. The fraction of sp³-hybridized carbons (Fsp3) is 0.440. The van der Waals surface area contributed by atoms with Crippen molar-refractivity contribution in [2.45, 2.75) is 64.2 Å². The molecule has 0 atom stereocenters. The number of halogens is 2. The van der Waals surface area contributed by atoms with Crippen molar-refractivity contribution in [2.24, 2.45) is 5.92 Å². The molecule has 144 valence electrons. The van der Waals surface area contributed by atoms with Gasteiger partial charge >= 0.3 is 0 Å². The van der Waals surface area contributed by atoms with Crippen LogP contribution in [0.2, 0.25) is 0 Å². The van der Waals surface area contributed by atoms with Crippen molar-refractivity contribution in [1.29, 1.82) is 0 Å². The van der Waals surface area contributed by atoms with Crippen molar-refractivity contribution in [3.63, 3.8) is 0 Å². The maximum Gasteiger partial charge on any atom is 0.127 e. The molecule has 0 bridgehead atoms. The van der Waals surface area contributed by atoms with Gasteiger partial charge in [-0.15, -0.1) is 6.58 Å². The number of rotatable bonds is 7. The molecule has 1 saturated carbocycles. The summed E-state index contributed by atoms with van der Waals surface area (Å²) in [6.45, 7) is 5.91. The zero-order chi connectivity index (χ0) is 19.2. The summed E-state index contributed by atoms with van der Waals surface area (Å²) in [5, 5.41) is 0. The van der Waals surface area contributed by atoms with E-state index in [1.807, 2.05) is 18.2 Å². The van der Waals surface area contributed by atoms with Crippen LogP contribution in [0, 0.1) is 17.6 Å². The van der Waals surface area contributed by atoms with Gasteiger partial charge in [0, 0.05) is 0 Å². The van der Waals surface area contributed by atoms with Crippen molar-refractivity contribution < 1.29 is 8.78 Å². The van der Waals surface area contributed by atoms with Crippen molar-refractivity contribution in [1.82, 2.24) is 0 Å². The van der Waals surface area contributed by atoms with Gasteiger partial charge in [-0.05, 0) is 84.7 Å². The molecule has 0 aromatic heterocycles. The van der Waals surface area contributed by atoms with E-state index in [0.29, 0.717) is 17.9 Å². The number of hydrogen-bond acceptors (Lipinski definition) is 0. The minimum Gasteiger partial charge on any atom is -0.207 e. The molecular formula is C25H30F2. The largest absolute Gasteiger partial charge is 0.207 e. The number of benzene rings is 2. The molecule has 0 heterocycles. The lowest BCUT2D eigenvalue weighted by molar-refractivity contribution is 0.304. The molecule has 0 spiro atoms. The van der Waals surface area contributed by atoms with Crippen LogP contribution in [0.4, 0.5) is 8.78 Å². The van der Waals surface area contributed by atoms with Gasteiger partial charge in [0.1, 0.15) is 11.6 Å². The highest BCUT2D eigenvalue weighted by Gasteiger charge is 2.24. The Hall–Kier alpha value is -1.96. The second-order valence-electron chi connectivity index (χ2n) is 7.88. The number of hydrogen-bond donors (Lipinski definition) is 0. The molecular weight excluding hydrogens is 338 g/mol. The molecule has 0 aliphatic heterocycles. The van der Waals surface area contributed by atoms with E-state index in [0.717, 1.165) is 41.9 Å². The Labute approximate surface area is 162 Å². The SMILES string of the molecule is C=CCCc1ccc(-c2ccc(C3CCC(CCC)CC3)c(F)c2)cc1F. The zero-order valence-electron chi connectivity index (χ0n) is 16.3. The van der Waals surface area contributed by atoms with E-state index in [-0.39, 0.29) is 11.6 Å². The highest BCUT2D eigenvalue weighted by Crippen LogP contribution is 2.39. The van der Waals surface area contributed by atoms with Crippen LogP contribution in [-0.2, 0) is 6.42 Å². The molecule has 0 saturated heterocycles. The average Bonchev–Trinajstić information content (AvgIpc) is 2.68. The zero-order valence-corrected chi connectivity index (χ0v) is 16.3.